The monoisotopic (exact) mass is 388 g/mol. The van der Waals surface area contributed by atoms with Crippen LogP contribution >= 0.6 is 0 Å². The van der Waals surface area contributed by atoms with E-state index in [1.165, 1.54) is 12.1 Å². The second kappa shape index (κ2) is 7.80. The van der Waals surface area contributed by atoms with Crippen molar-refractivity contribution in [1.82, 2.24) is 4.57 Å². The van der Waals surface area contributed by atoms with Crippen LogP contribution in [0.4, 0.5) is 15.8 Å². The van der Waals surface area contributed by atoms with E-state index in [1.54, 1.807) is 6.07 Å². The Hall–Kier alpha value is -3.60. The summed E-state index contributed by atoms with van der Waals surface area (Å²) < 4.78 is 15.6. The molecule has 146 valence electrons. The number of hydrogen-bond donors (Lipinski definition) is 1. The van der Waals surface area contributed by atoms with E-state index in [0.29, 0.717) is 6.54 Å². The Morgan fingerprint density at radius 3 is 2.48 bits per heavy atom. The molecule has 0 unspecified atom stereocenters. The molecule has 0 fully saturated rings. The highest BCUT2D eigenvalue weighted by atomic mass is 19.1. The number of rotatable bonds is 6. The summed E-state index contributed by atoms with van der Waals surface area (Å²) in [6, 6.07) is 22.4. The molecule has 4 rings (SSSR count). The number of aliphatic carboxylic acids is 1. The molecule has 1 aromatic heterocycles. The van der Waals surface area contributed by atoms with Crippen molar-refractivity contribution in [3.63, 3.8) is 0 Å². The summed E-state index contributed by atoms with van der Waals surface area (Å²) in [5.41, 5.74) is 4.68. The van der Waals surface area contributed by atoms with Gasteiger partial charge in [0.2, 0.25) is 0 Å². The second-order valence-electron chi connectivity index (χ2n) is 7.08. The van der Waals surface area contributed by atoms with E-state index in [9.17, 15) is 14.3 Å². The third kappa shape index (κ3) is 3.99. The van der Waals surface area contributed by atoms with E-state index in [1.807, 2.05) is 72.7 Å². The number of halogens is 1. The van der Waals surface area contributed by atoms with Gasteiger partial charge in [-0.1, -0.05) is 36.4 Å². The molecule has 4 aromatic rings. The topological polar surface area (TPSA) is 45.5 Å². The number of benzene rings is 3. The molecule has 0 aliphatic rings. The summed E-state index contributed by atoms with van der Waals surface area (Å²) in [4.78, 5) is 13.1. The third-order valence-electron chi connectivity index (χ3n) is 5.08. The van der Waals surface area contributed by atoms with Crippen LogP contribution < -0.4 is 4.90 Å². The molecule has 4 nitrogen and oxygen atoms in total. The predicted molar refractivity (Wildman–Crippen MR) is 113 cm³/mol. The Bertz CT molecular complexity index is 1170. The van der Waals surface area contributed by atoms with Crippen LogP contribution in [0, 0.1) is 5.82 Å². The van der Waals surface area contributed by atoms with Crippen LogP contribution in [0.25, 0.3) is 10.9 Å². The SMILES string of the molecule is CN(c1ccc(Cn2cc(CC(=O)O)c3ccccc32)cc1)c1cccc(F)c1. The first-order valence-electron chi connectivity index (χ1n) is 9.38. The number of anilines is 2. The number of hydrogen-bond acceptors (Lipinski definition) is 2. The lowest BCUT2D eigenvalue weighted by Gasteiger charge is -2.20. The molecule has 0 bridgehead atoms. The largest absolute Gasteiger partial charge is 0.481 e. The lowest BCUT2D eigenvalue weighted by atomic mass is 10.1. The van der Waals surface area contributed by atoms with Gasteiger partial charge in [0.05, 0.1) is 6.42 Å². The maximum absolute atomic E-state index is 13.5. The van der Waals surface area contributed by atoms with Crippen LogP contribution in [0.3, 0.4) is 0 Å². The van der Waals surface area contributed by atoms with Gasteiger partial charge >= 0.3 is 5.97 Å². The van der Waals surface area contributed by atoms with Gasteiger partial charge in [-0.25, -0.2) is 4.39 Å². The van der Waals surface area contributed by atoms with Crippen LogP contribution in [0.1, 0.15) is 11.1 Å². The number of carbonyl (C=O) groups is 1. The van der Waals surface area contributed by atoms with Crippen molar-refractivity contribution in [1.29, 1.82) is 0 Å². The molecule has 0 aliphatic heterocycles. The zero-order chi connectivity index (χ0) is 20.4. The summed E-state index contributed by atoms with van der Waals surface area (Å²) in [6.07, 6.45) is 1.93. The molecular weight excluding hydrogens is 367 g/mol. The number of nitrogens with zero attached hydrogens (tertiary/aromatic N) is 2. The van der Waals surface area contributed by atoms with Gasteiger partial charge < -0.3 is 14.6 Å². The van der Waals surface area contributed by atoms with Crippen molar-refractivity contribution >= 4 is 28.2 Å². The van der Waals surface area contributed by atoms with Gasteiger partial charge in [-0.3, -0.25) is 4.79 Å². The Kier molecular flexibility index (Phi) is 5.04. The fourth-order valence-corrected chi connectivity index (χ4v) is 3.61. The molecule has 1 N–H and O–H groups in total. The Morgan fingerprint density at radius 1 is 1.00 bits per heavy atom. The van der Waals surface area contributed by atoms with E-state index in [2.05, 4.69) is 4.57 Å². The Labute approximate surface area is 168 Å². The van der Waals surface area contributed by atoms with Gasteiger partial charge in [-0.15, -0.1) is 0 Å². The van der Waals surface area contributed by atoms with Crippen molar-refractivity contribution in [2.75, 3.05) is 11.9 Å². The zero-order valence-electron chi connectivity index (χ0n) is 16.0. The lowest BCUT2D eigenvalue weighted by molar-refractivity contribution is -0.136. The highest BCUT2D eigenvalue weighted by molar-refractivity contribution is 5.87. The Balaban J connectivity index is 1.59. The maximum atomic E-state index is 13.5. The average Bonchev–Trinajstić information content (AvgIpc) is 3.05. The maximum Gasteiger partial charge on any atom is 0.307 e. The van der Waals surface area contributed by atoms with Crippen LogP contribution in [-0.2, 0) is 17.8 Å². The highest BCUT2D eigenvalue weighted by Crippen LogP contribution is 2.26. The number of carboxylic acid groups (broad SMARTS) is 1. The normalized spacial score (nSPS) is 11.0. The van der Waals surface area contributed by atoms with Gasteiger partial charge in [0.15, 0.2) is 0 Å². The smallest absolute Gasteiger partial charge is 0.307 e. The van der Waals surface area contributed by atoms with Crippen LogP contribution in [0.5, 0.6) is 0 Å². The minimum Gasteiger partial charge on any atom is -0.481 e. The Morgan fingerprint density at radius 2 is 1.76 bits per heavy atom. The minimum absolute atomic E-state index is 0.00484. The summed E-state index contributed by atoms with van der Waals surface area (Å²) in [7, 11) is 1.90. The van der Waals surface area contributed by atoms with E-state index in [4.69, 9.17) is 0 Å². The number of para-hydroxylation sites is 1. The standard InChI is InChI=1S/C24H21FN2O2/c1-26(21-6-4-5-19(25)14-21)20-11-9-17(10-12-20)15-27-16-18(13-24(28)29)22-7-2-3-8-23(22)27/h2-12,14,16H,13,15H2,1H3,(H,28,29). The molecule has 0 saturated heterocycles. The fourth-order valence-electron chi connectivity index (χ4n) is 3.61. The molecule has 1 heterocycles. The molecule has 0 saturated carbocycles. The molecule has 3 aromatic carbocycles. The van der Waals surface area contributed by atoms with Crippen molar-refractivity contribution < 1.29 is 14.3 Å². The van der Waals surface area contributed by atoms with Gasteiger partial charge in [-0.2, -0.15) is 0 Å². The molecule has 29 heavy (non-hydrogen) atoms. The number of fused-ring (bicyclic) bond motifs is 1. The van der Waals surface area contributed by atoms with E-state index < -0.39 is 5.97 Å². The molecule has 5 heteroatoms. The second-order valence-corrected chi connectivity index (χ2v) is 7.08. The third-order valence-corrected chi connectivity index (χ3v) is 5.08. The van der Waals surface area contributed by atoms with Gasteiger partial charge in [0.25, 0.3) is 0 Å². The van der Waals surface area contributed by atoms with E-state index >= 15 is 0 Å². The van der Waals surface area contributed by atoms with E-state index in [-0.39, 0.29) is 12.2 Å². The van der Waals surface area contributed by atoms with Crippen LogP contribution in [0.2, 0.25) is 0 Å². The van der Waals surface area contributed by atoms with Crippen molar-refractivity contribution in [3.05, 3.63) is 95.9 Å². The van der Waals surface area contributed by atoms with Crippen molar-refractivity contribution in [2.45, 2.75) is 13.0 Å². The first-order chi connectivity index (χ1) is 14.0. The molecule has 0 spiro atoms. The van der Waals surface area contributed by atoms with Crippen molar-refractivity contribution in [3.8, 4) is 0 Å². The molecular formula is C24H21FN2O2. The minimum atomic E-state index is -0.836. The molecule has 0 atom stereocenters. The first-order valence-corrected chi connectivity index (χ1v) is 9.38. The molecule has 0 radical (unpaired) electrons. The average molecular weight is 388 g/mol. The van der Waals surface area contributed by atoms with Gasteiger partial charge in [-0.05, 0) is 47.5 Å². The van der Waals surface area contributed by atoms with Crippen LogP contribution in [-0.4, -0.2) is 22.7 Å². The van der Waals surface area contributed by atoms with Gasteiger partial charge in [0, 0.05) is 42.1 Å². The summed E-state index contributed by atoms with van der Waals surface area (Å²) in [6.45, 7) is 0.643. The summed E-state index contributed by atoms with van der Waals surface area (Å²) in [5.74, 6) is -1.10. The zero-order valence-corrected chi connectivity index (χ0v) is 16.0. The molecule has 0 aliphatic carbocycles. The summed E-state index contributed by atoms with van der Waals surface area (Å²) >= 11 is 0. The highest BCUT2D eigenvalue weighted by Gasteiger charge is 2.11. The van der Waals surface area contributed by atoms with Gasteiger partial charge in [0.1, 0.15) is 5.82 Å². The van der Waals surface area contributed by atoms with E-state index in [0.717, 1.165) is 33.4 Å². The first kappa shape index (κ1) is 18.7. The quantitative estimate of drug-likeness (QED) is 0.492. The molecule has 0 amide bonds. The predicted octanol–water partition coefficient (Wildman–Crippen LogP) is 5.22. The van der Waals surface area contributed by atoms with Crippen LogP contribution in [0.15, 0.2) is 79.0 Å². The van der Waals surface area contributed by atoms with Crippen molar-refractivity contribution in [2.24, 2.45) is 0 Å². The lowest BCUT2D eigenvalue weighted by Crippen LogP contribution is -2.09. The number of aromatic nitrogens is 1. The number of carboxylic acids is 1. The fraction of sp³-hybridized carbons (Fsp3) is 0.125. The summed E-state index contributed by atoms with van der Waals surface area (Å²) in [5, 5.41) is 10.2.